The molecule has 0 fully saturated rings. The largest absolute Gasteiger partial charge is 0.507 e. The Morgan fingerprint density at radius 2 is 1.43 bits per heavy atom. The lowest BCUT2D eigenvalue weighted by molar-refractivity contribution is -0.146. The number of hydrogen-bond donors (Lipinski definition) is 2. The monoisotopic (exact) mass is 284 g/mol. The minimum absolute atomic E-state index is 0.324. The van der Waals surface area contributed by atoms with E-state index < -0.39 is 17.5 Å². The Morgan fingerprint density at radius 1 is 0.857 bits per heavy atom. The third kappa shape index (κ3) is 3.94. The molecule has 0 aromatic heterocycles. The van der Waals surface area contributed by atoms with Gasteiger partial charge < -0.3 is 14.9 Å². The first-order valence-electron chi connectivity index (χ1n) is 6.07. The second-order valence-electron chi connectivity index (χ2n) is 4.14. The maximum Gasteiger partial charge on any atom is 0.376 e. The third-order valence-corrected chi connectivity index (χ3v) is 2.61. The number of carbonyl (C=O) groups is 2. The van der Waals surface area contributed by atoms with E-state index in [-0.39, 0.29) is 0 Å². The van der Waals surface area contributed by atoms with Crippen molar-refractivity contribution in [2.24, 2.45) is 0 Å². The molecular formula is C16H12O5. The Kier molecular flexibility index (Phi) is 4.36. The van der Waals surface area contributed by atoms with E-state index >= 15 is 0 Å². The molecule has 0 aliphatic rings. The van der Waals surface area contributed by atoms with E-state index in [1.54, 1.807) is 24.3 Å². The van der Waals surface area contributed by atoms with Crippen molar-refractivity contribution in [2.45, 2.75) is 0 Å². The van der Waals surface area contributed by atoms with E-state index in [4.69, 9.17) is 9.84 Å². The van der Waals surface area contributed by atoms with Gasteiger partial charge >= 0.3 is 5.97 Å². The molecular weight excluding hydrogens is 272 g/mol. The van der Waals surface area contributed by atoms with E-state index in [0.29, 0.717) is 23.1 Å². The molecule has 21 heavy (non-hydrogen) atoms. The highest BCUT2D eigenvalue weighted by Gasteiger charge is 2.10. The molecule has 0 unspecified atom stereocenters. The second kappa shape index (κ2) is 6.38. The first kappa shape index (κ1) is 14.3. The summed E-state index contributed by atoms with van der Waals surface area (Å²) in [6, 6.07) is 15.4. The molecule has 0 bridgehead atoms. The topological polar surface area (TPSA) is 83.8 Å². The molecule has 0 saturated heterocycles. The number of ether oxygens (including phenoxy) is 1. The van der Waals surface area contributed by atoms with Crippen molar-refractivity contribution < 1.29 is 24.5 Å². The third-order valence-electron chi connectivity index (χ3n) is 2.61. The van der Waals surface area contributed by atoms with Crippen LogP contribution in [0.1, 0.15) is 5.56 Å². The number of benzene rings is 2. The van der Waals surface area contributed by atoms with Crippen molar-refractivity contribution in [1.29, 1.82) is 0 Å². The number of aliphatic carboxylic acids is 1. The van der Waals surface area contributed by atoms with Gasteiger partial charge in [-0.25, -0.2) is 4.79 Å². The summed E-state index contributed by atoms with van der Waals surface area (Å²) in [5.74, 6) is -1.98. The van der Waals surface area contributed by atoms with Crippen LogP contribution in [0.2, 0.25) is 0 Å². The Hall–Kier alpha value is -3.08. The van der Waals surface area contributed by atoms with Crippen LogP contribution in [0.3, 0.4) is 0 Å². The van der Waals surface area contributed by atoms with Gasteiger partial charge in [-0.05, 0) is 36.4 Å². The summed E-state index contributed by atoms with van der Waals surface area (Å²) in [7, 11) is 0. The van der Waals surface area contributed by atoms with Gasteiger partial charge in [-0.15, -0.1) is 0 Å². The van der Waals surface area contributed by atoms with Crippen molar-refractivity contribution in [3.8, 4) is 11.5 Å². The maximum absolute atomic E-state index is 11.0. The Bertz CT molecular complexity index is 672. The molecule has 0 radical (unpaired) electrons. The fourth-order valence-corrected chi connectivity index (χ4v) is 1.59. The first-order valence-corrected chi connectivity index (χ1v) is 6.07. The van der Waals surface area contributed by atoms with E-state index in [9.17, 15) is 14.7 Å². The van der Waals surface area contributed by atoms with Gasteiger partial charge in [0, 0.05) is 11.6 Å². The zero-order valence-corrected chi connectivity index (χ0v) is 10.9. The van der Waals surface area contributed by atoms with E-state index in [1.807, 2.05) is 18.2 Å². The van der Waals surface area contributed by atoms with Crippen LogP contribution in [0.4, 0.5) is 0 Å². The molecule has 0 heterocycles. The lowest BCUT2D eigenvalue weighted by atomic mass is 10.1. The first-order chi connectivity index (χ1) is 10.1. The zero-order valence-electron chi connectivity index (χ0n) is 10.9. The number of carboxylic acids is 1. The van der Waals surface area contributed by atoms with Crippen molar-refractivity contribution in [2.75, 3.05) is 0 Å². The molecule has 0 spiro atoms. The molecule has 0 saturated carbocycles. The van der Waals surface area contributed by atoms with Crippen LogP contribution in [0.25, 0.3) is 5.76 Å². The summed E-state index contributed by atoms with van der Waals surface area (Å²) in [4.78, 5) is 21.4. The molecule has 0 atom stereocenters. The lowest BCUT2D eigenvalue weighted by Gasteiger charge is -2.06. The van der Waals surface area contributed by atoms with Gasteiger partial charge in [-0.3, -0.25) is 4.79 Å². The molecule has 2 N–H and O–H groups in total. The van der Waals surface area contributed by atoms with Crippen LogP contribution in [0, 0.1) is 0 Å². The number of aliphatic hydroxyl groups is 1. The predicted molar refractivity (Wildman–Crippen MR) is 76.2 cm³/mol. The highest BCUT2D eigenvalue weighted by molar-refractivity contribution is 6.38. The number of carbonyl (C=O) groups excluding carboxylic acids is 1. The smallest absolute Gasteiger partial charge is 0.376 e. The Balaban J connectivity index is 2.12. The van der Waals surface area contributed by atoms with Gasteiger partial charge in [-0.1, -0.05) is 18.2 Å². The van der Waals surface area contributed by atoms with Crippen LogP contribution in [-0.2, 0) is 9.59 Å². The highest BCUT2D eigenvalue weighted by Crippen LogP contribution is 2.22. The quantitative estimate of drug-likeness (QED) is 0.501. The van der Waals surface area contributed by atoms with Gasteiger partial charge in [0.25, 0.3) is 5.78 Å². The molecule has 5 heteroatoms. The molecule has 2 aromatic carbocycles. The summed E-state index contributed by atoms with van der Waals surface area (Å²) < 4.78 is 5.57. The van der Waals surface area contributed by atoms with Crippen molar-refractivity contribution in [1.82, 2.24) is 0 Å². The van der Waals surface area contributed by atoms with Crippen LogP contribution >= 0.6 is 0 Å². The van der Waals surface area contributed by atoms with Crippen LogP contribution in [0.15, 0.2) is 60.7 Å². The summed E-state index contributed by atoms with van der Waals surface area (Å²) in [5, 5.41) is 18.1. The van der Waals surface area contributed by atoms with Gasteiger partial charge in [-0.2, -0.15) is 0 Å². The van der Waals surface area contributed by atoms with Crippen molar-refractivity contribution in [3.63, 3.8) is 0 Å². The minimum atomic E-state index is -1.62. The average molecular weight is 284 g/mol. The molecule has 2 rings (SSSR count). The molecule has 2 aromatic rings. The Labute approximate surface area is 120 Å². The Morgan fingerprint density at radius 3 is 2.00 bits per heavy atom. The summed E-state index contributed by atoms with van der Waals surface area (Å²) in [5.41, 5.74) is 0.324. The van der Waals surface area contributed by atoms with Crippen LogP contribution in [-0.4, -0.2) is 22.0 Å². The predicted octanol–water partition coefficient (Wildman–Crippen LogP) is 3.03. The molecule has 106 valence electrons. The highest BCUT2D eigenvalue weighted by atomic mass is 16.5. The van der Waals surface area contributed by atoms with E-state index in [2.05, 4.69) is 0 Å². The summed E-state index contributed by atoms with van der Waals surface area (Å²) in [6.45, 7) is 0. The molecule has 5 nitrogen and oxygen atoms in total. The number of rotatable bonds is 5. The number of aliphatic hydroxyl groups excluding tert-OH is 1. The number of carboxylic acid groups (broad SMARTS) is 1. The lowest BCUT2D eigenvalue weighted by Crippen LogP contribution is -2.09. The number of para-hydroxylation sites is 1. The van der Waals surface area contributed by atoms with Crippen molar-refractivity contribution in [3.05, 3.63) is 66.2 Å². The average Bonchev–Trinajstić information content (AvgIpc) is 2.48. The zero-order chi connectivity index (χ0) is 15.2. The van der Waals surface area contributed by atoms with E-state index in [0.717, 1.165) is 0 Å². The normalized spacial score (nSPS) is 11.0. The van der Waals surface area contributed by atoms with Gasteiger partial charge in [0.2, 0.25) is 0 Å². The maximum atomic E-state index is 11.0. The molecule has 0 amide bonds. The summed E-state index contributed by atoms with van der Waals surface area (Å²) >= 11 is 0. The van der Waals surface area contributed by atoms with Gasteiger partial charge in [0.15, 0.2) is 0 Å². The standard InChI is InChI=1S/C16H12O5/c17-14(10-15(18)16(19)20)11-6-8-13(9-7-11)21-12-4-2-1-3-5-12/h1-10,17H,(H,19,20)/b14-10-. The van der Waals surface area contributed by atoms with Crippen LogP contribution < -0.4 is 4.74 Å². The van der Waals surface area contributed by atoms with Crippen LogP contribution in [0.5, 0.6) is 11.5 Å². The fourth-order valence-electron chi connectivity index (χ4n) is 1.59. The number of hydrogen-bond acceptors (Lipinski definition) is 4. The summed E-state index contributed by atoms with van der Waals surface area (Å²) in [6.07, 6.45) is 0.662. The minimum Gasteiger partial charge on any atom is -0.507 e. The van der Waals surface area contributed by atoms with Gasteiger partial charge in [0.1, 0.15) is 17.3 Å². The molecule has 0 aliphatic carbocycles. The van der Waals surface area contributed by atoms with Gasteiger partial charge in [0.05, 0.1) is 0 Å². The SMILES string of the molecule is O=C(O)C(=O)/C=C(\O)c1ccc(Oc2ccccc2)cc1. The fraction of sp³-hybridized carbons (Fsp3) is 0. The van der Waals surface area contributed by atoms with E-state index in [1.165, 1.54) is 12.1 Å². The second-order valence-corrected chi connectivity index (χ2v) is 4.14. The number of ketones is 1. The van der Waals surface area contributed by atoms with Crippen molar-refractivity contribution >= 4 is 17.5 Å². The molecule has 0 aliphatic heterocycles.